The fourth-order valence-corrected chi connectivity index (χ4v) is 9.97. The molecule has 0 fully saturated rings. The zero-order valence-electron chi connectivity index (χ0n) is 40.6. The van der Waals surface area contributed by atoms with Crippen molar-refractivity contribution in [1.82, 2.24) is 29.9 Å². The topological polar surface area (TPSA) is 102 Å². The molecule has 2 aliphatic heterocycles. The first-order chi connectivity index (χ1) is 37.7. The summed E-state index contributed by atoms with van der Waals surface area (Å²) in [6.45, 7) is 0. The highest BCUT2D eigenvalue weighted by Gasteiger charge is 2.34. The van der Waals surface area contributed by atoms with Crippen LogP contribution >= 0.6 is 0 Å². The van der Waals surface area contributed by atoms with Crippen LogP contribution in [0, 0.1) is 0 Å². The lowest BCUT2D eigenvalue weighted by Crippen LogP contribution is -2.19. The third kappa shape index (κ3) is 8.03. The van der Waals surface area contributed by atoms with E-state index >= 15 is 0 Å². The standard InChI is InChI=1S/C66H42N8O2/c1-5-19-43(20-6-1)61-67-62(44-21-7-2-8-22-44)70-65(69-61)47-35-39-49(40-36-47)73-53-29-13-15-31-55(53)75-57-33-17-27-51(59(57)73)52-28-18-34-58-60(52)74(54-30-14-16-32-56(54)76-58)50-41-37-48(38-42-50)66-71-63(45-23-9-3-10-24-45)68-64(72-66)46-25-11-4-12-26-46/h1-42H. The molecule has 0 bridgehead atoms. The number of anilines is 6. The lowest BCUT2D eigenvalue weighted by Gasteiger charge is -2.37. The molecule has 2 aliphatic rings. The van der Waals surface area contributed by atoms with Crippen molar-refractivity contribution in [3.8, 4) is 102 Å². The highest BCUT2D eigenvalue weighted by molar-refractivity contribution is 6.02. The van der Waals surface area contributed by atoms with Gasteiger partial charge in [-0.15, -0.1) is 0 Å². The number of nitrogens with zero attached hydrogens (tertiary/aromatic N) is 8. The van der Waals surface area contributed by atoms with Crippen LogP contribution in [0.25, 0.3) is 79.5 Å². The predicted octanol–water partition coefficient (Wildman–Crippen LogP) is 16.9. The van der Waals surface area contributed by atoms with Crippen LogP contribution < -0.4 is 19.3 Å². The first kappa shape index (κ1) is 44.1. The minimum Gasteiger partial charge on any atom is -0.453 e. The highest BCUT2D eigenvalue weighted by Crippen LogP contribution is 2.59. The second-order valence-electron chi connectivity index (χ2n) is 18.3. The first-order valence-corrected chi connectivity index (χ1v) is 25.0. The summed E-state index contributed by atoms with van der Waals surface area (Å²) in [4.78, 5) is 34.5. The average Bonchev–Trinajstić information content (AvgIpc) is 3.58. The summed E-state index contributed by atoms with van der Waals surface area (Å²) in [7, 11) is 0. The van der Waals surface area contributed by atoms with Crippen LogP contribution in [0.2, 0.25) is 0 Å². The van der Waals surface area contributed by atoms with E-state index in [1.165, 1.54) is 0 Å². The monoisotopic (exact) mass is 978 g/mol. The molecule has 0 N–H and O–H groups in total. The number of hydrogen-bond donors (Lipinski definition) is 0. The summed E-state index contributed by atoms with van der Waals surface area (Å²) in [6, 6.07) is 85.7. The molecule has 0 radical (unpaired) electrons. The summed E-state index contributed by atoms with van der Waals surface area (Å²) in [6.07, 6.45) is 0. The van der Waals surface area contributed by atoms with Crippen LogP contribution in [0.3, 0.4) is 0 Å². The van der Waals surface area contributed by atoms with Crippen molar-refractivity contribution >= 4 is 34.1 Å². The molecule has 4 heterocycles. The second-order valence-corrected chi connectivity index (χ2v) is 18.3. The van der Waals surface area contributed by atoms with E-state index < -0.39 is 0 Å². The predicted molar refractivity (Wildman–Crippen MR) is 301 cm³/mol. The number of aromatic nitrogens is 6. The summed E-state index contributed by atoms with van der Waals surface area (Å²) >= 11 is 0. The Hall–Kier alpha value is -10.6. The van der Waals surface area contributed by atoms with E-state index in [2.05, 4.69) is 94.7 Å². The van der Waals surface area contributed by atoms with E-state index in [0.29, 0.717) is 46.4 Å². The minimum atomic E-state index is 0.578. The molecule has 14 rings (SSSR count). The number of benzene rings is 10. The van der Waals surface area contributed by atoms with Gasteiger partial charge in [0.05, 0.1) is 22.7 Å². The molecule has 0 amide bonds. The van der Waals surface area contributed by atoms with Crippen molar-refractivity contribution in [1.29, 1.82) is 0 Å². The van der Waals surface area contributed by atoms with Gasteiger partial charge in [-0.3, -0.25) is 0 Å². The number of rotatable bonds is 9. The number of hydrogen-bond acceptors (Lipinski definition) is 10. The molecule has 0 aliphatic carbocycles. The van der Waals surface area contributed by atoms with Crippen molar-refractivity contribution in [2.75, 3.05) is 9.80 Å². The Bertz CT molecular complexity index is 3720. The normalized spacial score (nSPS) is 12.1. The van der Waals surface area contributed by atoms with Gasteiger partial charge >= 0.3 is 0 Å². The SMILES string of the molecule is c1ccc(-c2nc(-c3ccccc3)nc(-c3ccc(N4c5ccccc5Oc5cccc(-c6cccc7c6N(c6ccc(-c8nc(-c9ccccc9)nc(-c9ccccc9)n8)cc6)c6ccccc6O7)c54)cc3)n2)cc1. The number of ether oxygens (including phenoxy) is 2. The van der Waals surface area contributed by atoms with Gasteiger partial charge in [0.2, 0.25) is 0 Å². The van der Waals surface area contributed by atoms with Gasteiger partial charge in [-0.2, -0.15) is 0 Å². The smallest absolute Gasteiger partial charge is 0.164 e. The van der Waals surface area contributed by atoms with Crippen molar-refractivity contribution in [2.24, 2.45) is 0 Å². The van der Waals surface area contributed by atoms with Crippen LogP contribution in [-0.4, -0.2) is 29.9 Å². The lowest BCUT2D eigenvalue weighted by atomic mass is 9.96. The zero-order chi connectivity index (χ0) is 50.4. The minimum absolute atomic E-state index is 0.578. The van der Waals surface area contributed by atoms with Crippen molar-refractivity contribution in [2.45, 2.75) is 0 Å². The maximum absolute atomic E-state index is 6.81. The average molecular weight is 979 g/mol. The highest BCUT2D eigenvalue weighted by atomic mass is 16.5. The molecular formula is C66H42N8O2. The second kappa shape index (κ2) is 18.8. The van der Waals surface area contributed by atoms with Crippen molar-refractivity contribution in [3.05, 3.63) is 255 Å². The molecule has 10 nitrogen and oxygen atoms in total. The molecule has 0 saturated heterocycles. The van der Waals surface area contributed by atoms with Gasteiger partial charge in [0.15, 0.2) is 57.9 Å². The van der Waals surface area contributed by atoms with Crippen LogP contribution in [-0.2, 0) is 0 Å². The first-order valence-electron chi connectivity index (χ1n) is 25.0. The molecule has 358 valence electrons. The Kier molecular flexibility index (Phi) is 10.9. The molecule has 0 spiro atoms. The molecule has 10 heteroatoms. The quantitative estimate of drug-likeness (QED) is 0.139. The van der Waals surface area contributed by atoms with Crippen molar-refractivity contribution < 1.29 is 9.47 Å². The molecule has 0 atom stereocenters. The van der Waals surface area contributed by atoms with E-state index in [9.17, 15) is 0 Å². The summed E-state index contributed by atoms with van der Waals surface area (Å²) in [5.41, 5.74) is 12.7. The van der Waals surface area contributed by atoms with Gasteiger partial charge in [-0.1, -0.05) is 170 Å². The Morgan fingerprint density at radius 2 is 0.487 bits per heavy atom. The van der Waals surface area contributed by atoms with Gasteiger partial charge in [0.1, 0.15) is 0 Å². The van der Waals surface area contributed by atoms with Crippen LogP contribution in [0.15, 0.2) is 255 Å². The maximum atomic E-state index is 6.81. The van der Waals surface area contributed by atoms with Gasteiger partial charge in [-0.05, 0) is 84.9 Å². The lowest BCUT2D eigenvalue weighted by molar-refractivity contribution is 0.476. The third-order valence-corrected chi connectivity index (χ3v) is 13.6. The van der Waals surface area contributed by atoms with Crippen LogP contribution in [0.1, 0.15) is 0 Å². The molecule has 2 aromatic heterocycles. The van der Waals surface area contributed by atoms with Crippen LogP contribution in [0.5, 0.6) is 23.0 Å². The van der Waals surface area contributed by atoms with Gasteiger partial charge in [-0.25, -0.2) is 29.9 Å². The van der Waals surface area contributed by atoms with E-state index in [-0.39, 0.29) is 0 Å². The van der Waals surface area contributed by atoms with Crippen LogP contribution in [0.4, 0.5) is 34.1 Å². The molecule has 12 aromatic rings. The molecule has 0 unspecified atom stereocenters. The Labute approximate surface area is 438 Å². The Balaban J connectivity index is 0.881. The summed E-state index contributed by atoms with van der Waals surface area (Å²) < 4.78 is 13.6. The fraction of sp³-hybridized carbons (Fsp3) is 0. The molecular weight excluding hydrogens is 937 g/mol. The Morgan fingerprint density at radius 3 is 0.803 bits per heavy atom. The van der Waals surface area contributed by atoms with Gasteiger partial charge < -0.3 is 19.3 Å². The fourth-order valence-electron chi connectivity index (χ4n) is 9.97. The van der Waals surface area contributed by atoms with E-state index in [4.69, 9.17) is 39.4 Å². The molecule has 0 saturated carbocycles. The zero-order valence-corrected chi connectivity index (χ0v) is 40.6. The number of para-hydroxylation sites is 6. The summed E-state index contributed by atoms with van der Waals surface area (Å²) in [5, 5.41) is 0. The van der Waals surface area contributed by atoms with E-state index in [1.807, 2.05) is 170 Å². The Morgan fingerprint density at radius 1 is 0.224 bits per heavy atom. The summed E-state index contributed by atoms with van der Waals surface area (Å²) in [5.74, 6) is 6.49. The van der Waals surface area contributed by atoms with E-state index in [1.54, 1.807) is 0 Å². The van der Waals surface area contributed by atoms with Crippen molar-refractivity contribution in [3.63, 3.8) is 0 Å². The molecule has 76 heavy (non-hydrogen) atoms. The third-order valence-electron chi connectivity index (χ3n) is 13.6. The van der Waals surface area contributed by atoms with Gasteiger partial charge in [0.25, 0.3) is 0 Å². The van der Waals surface area contributed by atoms with E-state index in [0.717, 1.165) is 90.1 Å². The largest absolute Gasteiger partial charge is 0.453 e. The maximum Gasteiger partial charge on any atom is 0.164 e. The number of fused-ring (bicyclic) bond motifs is 4. The molecule has 10 aromatic carbocycles. The van der Waals surface area contributed by atoms with Gasteiger partial charge in [0, 0.05) is 55.9 Å².